The summed E-state index contributed by atoms with van der Waals surface area (Å²) in [5.41, 5.74) is 0.103. The quantitative estimate of drug-likeness (QED) is 0.908. The highest BCUT2D eigenvalue weighted by molar-refractivity contribution is 9.10. The number of rotatable bonds is 3. The molecule has 1 aromatic rings. The largest absolute Gasteiger partial charge is 0.351 e. The molecule has 98 valence electrons. The van der Waals surface area contributed by atoms with Crippen molar-refractivity contribution in [2.24, 2.45) is 0 Å². The van der Waals surface area contributed by atoms with Crippen LogP contribution in [-0.4, -0.2) is 35.0 Å². The summed E-state index contributed by atoms with van der Waals surface area (Å²) in [5.74, 6) is 2.52. The molecule has 1 aromatic carbocycles. The third-order valence-corrected chi connectivity index (χ3v) is 5.89. The highest BCUT2D eigenvalue weighted by Gasteiger charge is 2.17. The van der Waals surface area contributed by atoms with Crippen LogP contribution in [-0.2, 0) is 0 Å². The SMILES string of the molecule is O=C(NCC1CSCCS1)c1ccc(Br)cc1F. The lowest BCUT2D eigenvalue weighted by Crippen LogP contribution is -2.33. The van der Waals surface area contributed by atoms with Crippen LogP contribution in [0.4, 0.5) is 4.39 Å². The number of hydrogen-bond donors (Lipinski definition) is 1. The minimum Gasteiger partial charge on any atom is -0.351 e. The van der Waals surface area contributed by atoms with Gasteiger partial charge in [-0.25, -0.2) is 4.39 Å². The lowest BCUT2D eigenvalue weighted by atomic mass is 10.2. The maximum absolute atomic E-state index is 13.6. The molecule has 1 saturated heterocycles. The third-order valence-electron chi connectivity index (χ3n) is 2.55. The molecule has 1 atom stereocenters. The fourth-order valence-electron chi connectivity index (χ4n) is 1.63. The van der Waals surface area contributed by atoms with E-state index in [2.05, 4.69) is 21.2 Å². The van der Waals surface area contributed by atoms with Gasteiger partial charge in [-0.15, -0.1) is 0 Å². The van der Waals surface area contributed by atoms with Gasteiger partial charge in [0.2, 0.25) is 0 Å². The fourth-order valence-corrected chi connectivity index (χ4v) is 4.57. The van der Waals surface area contributed by atoms with Crippen molar-refractivity contribution in [2.45, 2.75) is 5.25 Å². The maximum Gasteiger partial charge on any atom is 0.254 e. The summed E-state index contributed by atoms with van der Waals surface area (Å²) in [5, 5.41) is 3.24. The van der Waals surface area contributed by atoms with Crippen molar-refractivity contribution in [3.05, 3.63) is 34.1 Å². The second kappa shape index (κ2) is 6.82. The van der Waals surface area contributed by atoms with E-state index in [9.17, 15) is 9.18 Å². The molecule has 0 bridgehead atoms. The molecule has 1 heterocycles. The highest BCUT2D eigenvalue weighted by atomic mass is 79.9. The van der Waals surface area contributed by atoms with Crippen LogP contribution in [0.25, 0.3) is 0 Å². The van der Waals surface area contributed by atoms with Crippen LogP contribution in [0, 0.1) is 5.82 Å². The lowest BCUT2D eigenvalue weighted by molar-refractivity contribution is 0.0950. The minimum atomic E-state index is -0.493. The summed E-state index contributed by atoms with van der Waals surface area (Å²) in [7, 11) is 0. The Kier molecular flexibility index (Phi) is 5.38. The average molecular weight is 350 g/mol. The van der Waals surface area contributed by atoms with Crippen molar-refractivity contribution in [2.75, 3.05) is 23.8 Å². The van der Waals surface area contributed by atoms with E-state index in [4.69, 9.17) is 0 Å². The molecule has 0 aromatic heterocycles. The highest BCUT2D eigenvalue weighted by Crippen LogP contribution is 2.23. The molecule has 1 unspecified atom stereocenters. The van der Waals surface area contributed by atoms with Crippen molar-refractivity contribution in [1.29, 1.82) is 0 Å². The second-order valence-electron chi connectivity index (χ2n) is 3.90. The Bertz CT molecular complexity index is 438. The Morgan fingerprint density at radius 3 is 3.00 bits per heavy atom. The number of nitrogens with one attached hydrogen (secondary N) is 1. The number of thioether (sulfide) groups is 2. The standard InChI is InChI=1S/C12H13BrFNOS2/c13-8-1-2-10(11(14)5-8)12(16)15-6-9-7-17-3-4-18-9/h1-2,5,9H,3-4,6-7H2,(H,15,16). The number of benzene rings is 1. The fraction of sp³-hybridized carbons (Fsp3) is 0.417. The van der Waals surface area contributed by atoms with E-state index in [1.165, 1.54) is 17.9 Å². The van der Waals surface area contributed by atoms with Crippen LogP contribution in [0.3, 0.4) is 0 Å². The molecule has 1 aliphatic rings. The summed E-state index contributed by atoms with van der Waals surface area (Å²) < 4.78 is 14.2. The van der Waals surface area contributed by atoms with Crippen LogP contribution in [0.5, 0.6) is 0 Å². The van der Waals surface area contributed by atoms with Crippen LogP contribution >= 0.6 is 39.5 Å². The summed E-state index contributed by atoms with van der Waals surface area (Å²) >= 11 is 6.94. The topological polar surface area (TPSA) is 29.1 Å². The number of carbonyl (C=O) groups is 1. The van der Waals surface area contributed by atoms with Gasteiger partial charge in [0.05, 0.1) is 5.56 Å². The monoisotopic (exact) mass is 349 g/mol. The van der Waals surface area contributed by atoms with Gasteiger partial charge in [0.1, 0.15) is 5.82 Å². The summed E-state index contributed by atoms with van der Waals surface area (Å²) in [6.45, 7) is 0.603. The first-order valence-electron chi connectivity index (χ1n) is 5.59. The van der Waals surface area contributed by atoms with Gasteiger partial charge in [0.15, 0.2) is 0 Å². The van der Waals surface area contributed by atoms with E-state index in [1.807, 2.05) is 23.5 Å². The molecule has 0 radical (unpaired) electrons. The molecule has 0 saturated carbocycles. The molecular formula is C12H13BrFNOS2. The summed E-state index contributed by atoms with van der Waals surface area (Å²) in [4.78, 5) is 11.8. The average Bonchev–Trinajstić information content (AvgIpc) is 2.37. The zero-order valence-electron chi connectivity index (χ0n) is 9.62. The Labute approximate surface area is 123 Å². The van der Waals surface area contributed by atoms with Gasteiger partial charge < -0.3 is 5.32 Å². The van der Waals surface area contributed by atoms with E-state index in [1.54, 1.807) is 6.07 Å². The van der Waals surface area contributed by atoms with Gasteiger partial charge in [-0.3, -0.25) is 4.79 Å². The Hall–Kier alpha value is -0.200. The first-order chi connectivity index (χ1) is 8.66. The van der Waals surface area contributed by atoms with E-state index in [0.717, 1.165) is 11.5 Å². The summed E-state index contributed by atoms with van der Waals surface area (Å²) in [6.07, 6.45) is 0. The molecule has 1 aliphatic heterocycles. The van der Waals surface area contributed by atoms with Crippen LogP contribution in [0.2, 0.25) is 0 Å². The number of halogens is 2. The van der Waals surface area contributed by atoms with Gasteiger partial charge in [-0.05, 0) is 18.2 Å². The summed E-state index contributed by atoms with van der Waals surface area (Å²) in [6, 6.07) is 4.47. The van der Waals surface area contributed by atoms with E-state index >= 15 is 0 Å². The molecule has 2 rings (SSSR count). The molecule has 1 fully saturated rings. The Balaban J connectivity index is 1.90. The smallest absolute Gasteiger partial charge is 0.254 e. The van der Waals surface area contributed by atoms with Crippen LogP contribution < -0.4 is 5.32 Å². The zero-order valence-corrected chi connectivity index (χ0v) is 12.8. The maximum atomic E-state index is 13.6. The normalized spacial score (nSPS) is 19.6. The van der Waals surface area contributed by atoms with E-state index in [-0.39, 0.29) is 11.5 Å². The first kappa shape index (κ1) is 14.2. The van der Waals surface area contributed by atoms with Crippen molar-refractivity contribution in [3.8, 4) is 0 Å². The number of hydrogen-bond acceptors (Lipinski definition) is 3. The lowest BCUT2D eigenvalue weighted by Gasteiger charge is -2.21. The van der Waals surface area contributed by atoms with Crippen molar-refractivity contribution >= 4 is 45.4 Å². The van der Waals surface area contributed by atoms with Gasteiger partial charge >= 0.3 is 0 Å². The first-order valence-corrected chi connectivity index (χ1v) is 8.59. The molecule has 18 heavy (non-hydrogen) atoms. The van der Waals surface area contributed by atoms with Crippen molar-refractivity contribution < 1.29 is 9.18 Å². The Morgan fingerprint density at radius 1 is 1.50 bits per heavy atom. The molecule has 6 heteroatoms. The number of amides is 1. The minimum absolute atomic E-state index is 0.103. The molecule has 1 amide bonds. The molecule has 2 nitrogen and oxygen atoms in total. The second-order valence-corrected chi connectivity index (χ2v) is 7.38. The van der Waals surface area contributed by atoms with Gasteiger partial charge in [-0.2, -0.15) is 23.5 Å². The van der Waals surface area contributed by atoms with E-state index < -0.39 is 5.82 Å². The van der Waals surface area contributed by atoms with Crippen LogP contribution in [0.1, 0.15) is 10.4 Å². The third kappa shape index (κ3) is 3.90. The zero-order chi connectivity index (χ0) is 13.0. The van der Waals surface area contributed by atoms with E-state index in [0.29, 0.717) is 16.3 Å². The molecule has 1 N–H and O–H groups in total. The van der Waals surface area contributed by atoms with Gasteiger partial charge in [0.25, 0.3) is 5.91 Å². The van der Waals surface area contributed by atoms with Gasteiger partial charge in [0, 0.05) is 33.5 Å². The number of carbonyl (C=O) groups excluding carboxylic acids is 1. The molecular weight excluding hydrogens is 337 g/mol. The predicted octanol–water partition coefficient (Wildman–Crippen LogP) is 3.17. The van der Waals surface area contributed by atoms with Crippen LogP contribution in [0.15, 0.2) is 22.7 Å². The molecule has 0 aliphatic carbocycles. The van der Waals surface area contributed by atoms with Gasteiger partial charge in [-0.1, -0.05) is 15.9 Å². The van der Waals surface area contributed by atoms with Crippen molar-refractivity contribution in [1.82, 2.24) is 5.32 Å². The predicted molar refractivity (Wildman–Crippen MR) is 80.0 cm³/mol. The Morgan fingerprint density at radius 2 is 2.33 bits per heavy atom. The van der Waals surface area contributed by atoms with Crippen molar-refractivity contribution in [3.63, 3.8) is 0 Å². The molecule has 0 spiro atoms.